The van der Waals surface area contributed by atoms with E-state index in [1.807, 2.05) is 0 Å². The second-order valence-corrected chi connectivity index (χ2v) is 2.81. The largest absolute Gasteiger partial charge is 0.506 e. The number of ether oxygens (including phenoxy) is 1. The van der Waals surface area contributed by atoms with E-state index < -0.39 is 5.97 Å². The lowest BCUT2D eigenvalue weighted by molar-refractivity contribution is 0.0597. The van der Waals surface area contributed by atoms with Gasteiger partial charge in [0.2, 0.25) is 0 Å². The molecule has 1 rings (SSSR count). The summed E-state index contributed by atoms with van der Waals surface area (Å²) < 4.78 is 4.46. The zero-order valence-corrected chi connectivity index (χ0v) is 7.87. The fraction of sp³-hybridized carbons (Fsp3) is 0.200. The van der Waals surface area contributed by atoms with E-state index in [1.165, 1.54) is 19.2 Å². The monoisotopic (exact) mass is 191 g/mol. The van der Waals surface area contributed by atoms with Gasteiger partial charge >= 0.3 is 5.97 Å². The van der Waals surface area contributed by atoms with Crippen molar-refractivity contribution in [2.75, 3.05) is 7.11 Å². The number of phenolic OH excluding ortho intramolecular Hbond substituents is 1. The van der Waals surface area contributed by atoms with Crippen LogP contribution in [0.1, 0.15) is 21.5 Å². The van der Waals surface area contributed by atoms with Crippen molar-refractivity contribution in [2.45, 2.75) is 6.92 Å². The van der Waals surface area contributed by atoms with E-state index in [2.05, 4.69) is 4.74 Å². The first-order valence-corrected chi connectivity index (χ1v) is 3.92. The number of nitriles is 1. The Kier molecular flexibility index (Phi) is 2.73. The zero-order valence-electron chi connectivity index (χ0n) is 7.87. The van der Waals surface area contributed by atoms with Gasteiger partial charge in [0.1, 0.15) is 17.4 Å². The molecule has 4 nitrogen and oxygen atoms in total. The van der Waals surface area contributed by atoms with Gasteiger partial charge in [-0.1, -0.05) is 0 Å². The quantitative estimate of drug-likeness (QED) is 0.680. The molecule has 0 aliphatic heterocycles. The number of carbonyl (C=O) groups is 1. The Balaban J connectivity index is 3.38. The van der Waals surface area contributed by atoms with Gasteiger partial charge in [0.15, 0.2) is 0 Å². The maximum absolute atomic E-state index is 11.2. The average Bonchev–Trinajstić information content (AvgIpc) is 2.19. The third kappa shape index (κ3) is 1.67. The minimum absolute atomic E-state index is 0.0176. The Hall–Kier alpha value is -2.02. The molecule has 1 aromatic rings. The van der Waals surface area contributed by atoms with E-state index in [1.54, 1.807) is 13.0 Å². The lowest BCUT2D eigenvalue weighted by atomic mass is 10.1. The highest BCUT2D eigenvalue weighted by Gasteiger charge is 2.15. The molecule has 14 heavy (non-hydrogen) atoms. The van der Waals surface area contributed by atoms with Crippen molar-refractivity contribution < 1.29 is 14.6 Å². The van der Waals surface area contributed by atoms with E-state index in [4.69, 9.17) is 5.26 Å². The average molecular weight is 191 g/mol. The Morgan fingerprint density at radius 3 is 2.71 bits per heavy atom. The summed E-state index contributed by atoms with van der Waals surface area (Å²) in [5.41, 5.74) is 0.814. The Morgan fingerprint density at radius 2 is 2.21 bits per heavy atom. The molecule has 0 heterocycles. The highest BCUT2D eigenvalue weighted by atomic mass is 16.5. The third-order valence-corrected chi connectivity index (χ3v) is 1.78. The van der Waals surface area contributed by atoms with Crippen LogP contribution in [0.3, 0.4) is 0 Å². The molecule has 0 fully saturated rings. The summed E-state index contributed by atoms with van der Waals surface area (Å²) in [7, 11) is 1.22. The van der Waals surface area contributed by atoms with Crippen LogP contribution in [0.4, 0.5) is 0 Å². The highest BCUT2D eigenvalue weighted by Crippen LogP contribution is 2.24. The van der Waals surface area contributed by atoms with E-state index in [0.29, 0.717) is 0 Å². The van der Waals surface area contributed by atoms with E-state index in [9.17, 15) is 9.90 Å². The molecule has 0 bridgehead atoms. The van der Waals surface area contributed by atoms with E-state index in [0.717, 1.165) is 5.56 Å². The van der Waals surface area contributed by atoms with Gasteiger partial charge in [0.25, 0.3) is 0 Å². The minimum Gasteiger partial charge on any atom is -0.506 e. The fourth-order valence-corrected chi connectivity index (χ4v) is 1.13. The molecule has 0 aromatic heterocycles. The number of carbonyl (C=O) groups excluding carboxylic acids is 1. The van der Waals surface area contributed by atoms with Crippen molar-refractivity contribution in [3.63, 3.8) is 0 Å². The number of methoxy groups -OCH3 is 1. The molecule has 1 aromatic carbocycles. The normalized spacial score (nSPS) is 9.21. The molecule has 0 aliphatic rings. The van der Waals surface area contributed by atoms with Crippen molar-refractivity contribution >= 4 is 5.97 Å². The number of esters is 1. The van der Waals surface area contributed by atoms with E-state index >= 15 is 0 Å². The number of benzene rings is 1. The summed E-state index contributed by atoms with van der Waals surface area (Å²) >= 11 is 0. The Labute approximate surface area is 81.4 Å². The number of aromatic hydroxyl groups is 1. The number of hydrogen-bond acceptors (Lipinski definition) is 4. The Morgan fingerprint density at radius 1 is 1.57 bits per heavy atom. The van der Waals surface area contributed by atoms with E-state index in [-0.39, 0.29) is 16.9 Å². The molecule has 72 valence electrons. The second-order valence-electron chi connectivity index (χ2n) is 2.81. The minimum atomic E-state index is -0.650. The van der Waals surface area contributed by atoms with Crippen LogP contribution < -0.4 is 0 Å². The predicted molar refractivity (Wildman–Crippen MR) is 48.9 cm³/mol. The zero-order chi connectivity index (χ0) is 10.7. The predicted octanol–water partition coefficient (Wildman–Crippen LogP) is 1.36. The number of phenols is 1. The molecule has 0 amide bonds. The molecule has 0 unspecified atom stereocenters. The lowest BCUT2D eigenvalue weighted by Gasteiger charge is -2.05. The SMILES string of the molecule is COC(=O)c1cc(C)cc(C#N)c1O. The Bertz CT molecular complexity index is 418. The van der Waals surface area contributed by atoms with Gasteiger partial charge in [-0.15, -0.1) is 0 Å². The topological polar surface area (TPSA) is 70.3 Å². The van der Waals surface area contributed by atoms with Crippen LogP contribution in [0.5, 0.6) is 5.75 Å². The van der Waals surface area contributed by atoms with Crippen molar-refractivity contribution in [1.29, 1.82) is 5.26 Å². The summed E-state index contributed by atoms with van der Waals surface area (Å²) in [6, 6.07) is 4.77. The molecule has 0 aliphatic carbocycles. The molecule has 4 heteroatoms. The molecular formula is C10H9NO3. The van der Waals surface area contributed by atoms with Gasteiger partial charge in [-0.05, 0) is 24.6 Å². The number of rotatable bonds is 1. The first-order valence-electron chi connectivity index (χ1n) is 3.92. The highest BCUT2D eigenvalue weighted by molar-refractivity contribution is 5.93. The van der Waals surface area contributed by atoms with Crippen LogP contribution in [-0.2, 0) is 4.74 Å². The van der Waals surface area contributed by atoms with Crippen LogP contribution in [0.15, 0.2) is 12.1 Å². The second kappa shape index (κ2) is 3.79. The van der Waals surface area contributed by atoms with Crippen LogP contribution in [-0.4, -0.2) is 18.2 Å². The number of aryl methyl sites for hydroxylation is 1. The first-order chi connectivity index (χ1) is 6.60. The number of hydrogen-bond donors (Lipinski definition) is 1. The van der Waals surface area contributed by atoms with Crippen LogP contribution in [0.2, 0.25) is 0 Å². The van der Waals surface area contributed by atoms with Gasteiger partial charge in [-0.2, -0.15) is 5.26 Å². The summed E-state index contributed by atoms with van der Waals surface area (Å²) in [5, 5.41) is 18.2. The molecule has 0 radical (unpaired) electrons. The summed E-state index contributed by atoms with van der Waals surface area (Å²) in [6.45, 7) is 1.73. The molecular weight excluding hydrogens is 182 g/mol. The van der Waals surface area contributed by atoms with Crippen molar-refractivity contribution in [3.8, 4) is 11.8 Å². The molecule has 1 N–H and O–H groups in total. The first kappa shape index (κ1) is 10.1. The maximum Gasteiger partial charge on any atom is 0.341 e. The van der Waals surface area contributed by atoms with Gasteiger partial charge < -0.3 is 9.84 Å². The van der Waals surface area contributed by atoms with Gasteiger partial charge in [0.05, 0.1) is 12.7 Å². The van der Waals surface area contributed by atoms with Gasteiger partial charge in [-0.3, -0.25) is 0 Å². The van der Waals surface area contributed by atoms with Crippen molar-refractivity contribution in [3.05, 3.63) is 28.8 Å². The molecule has 0 spiro atoms. The van der Waals surface area contributed by atoms with Crippen molar-refractivity contribution in [1.82, 2.24) is 0 Å². The lowest BCUT2D eigenvalue weighted by Crippen LogP contribution is -2.03. The summed E-state index contributed by atoms with van der Waals surface area (Å²) in [5.74, 6) is -0.979. The summed E-state index contributed by atoms with van der Waals surface area (Å²) in [6.07, 6.45) is 0. The van der Waals surface area contributed by atoms with Crippen LogP contribution in [0, 0.1) is 18.3 Å². The standard InChI is InChI=1S/C10H9NO3/c1-6-3-7(5-11)9(12)8(4-6)10(13)14-2/h3-4,12H,1-2H3. The third-order valence-electron chi connectivity index (χ3n) is 1.78. The van der Waals surface area contributed by atoms with Gasteiger partial charge in [0, 0.05) is 0 Å². The number of nitrogens with zero attached hydrogens (tertiary/aromatic N) is 1. The molecule has 0 atom stereocenters. The summed E-state index contributed by atoms with van der Waals surface area (Å²) in [4.78, 5) is 11.2. The smallest absolute Gasteiger partial charge is 0.341 e. The fourth-order valence-electron chi connectivity index (χ4n) is 1.13. The molecule has 0 saturated carbocycles. The maximum atomic E-state index is 11.2. The van der Waals surface area contributed by atoms with Crippen molar-refractivity contribution in [2.24, 2.45) is 0 Å². The van der Waals surface area contributed by atoms with Gasteiger partial charge in [-0.25, -0.2) is 4.79 Å². The van der Waals surface area contributed by atoms with Crippen LogP contribution in [0.25, 0.3) is 0 Å². The van der Waals surface area contributed by atoms with Crippen LogP contribution >= 0.6 is 0 Å². The molecule has 0 saturated heterocycles.